The summed E-state index contributed by atoms with van der Waals surface area (Å²) < 4.78 is 113. The number of hydrogen-bond acceptors (Lipinski definition) is 6. The highest BCUT2D eigenvalue weighted by molar-refractivity contribution is 5.70. The quantitative estimate of drug-likeness (QED) is 0.0697. The summed E-state index contributed by atoms with van der Waals surface area (Å²) in [4.78, 5) is 31.6. The molecule has 316 valence electrons. The monoisotopic (exact) mass is 820 g/mol. The summed E-state index contributed by atoms with van der Waals surface area (Å²) in [6, 6.07) is 8.56. The minimum Gasteiger partial charge on any atom is -0.466 e. The normalized spacial score (nSPS) is 20.1. The molecule has 4 aliphatic rings. The Bertz CT molecular complexity index is 1770. The van der Waals surface area contributed by atoms with E-state index < -0.39 is 46.5 Å². The summed E-state index contributed by atoms with van der Waals surface area (Å²) in [6.45, 7) is 2.93. The molecule has 3 saturated carbocycles. The summed E-state index contributed by atoms with van der Waals surface area (Å²) in [5, 5.41) is 0. The van der Waals surface area contributed by atoms with Gasteiger partial charge < -0.3 is 23.8 Å². The van der Waals surface area contributed by atoms with Crippen LogP contribution in [-0.4, -0.2) is 31.8 Å². The molecular weight excluding hydrogens is 769 g/mol. The average molecular weight is 821 g/mol. The highest BCUT2D eigenvalue weighted by atomic mass is 19.3. The van der Waals surface area contributed by atoms with Gasteiger partial charge in [-0.05, 0) is 91.5 Å². The van der Waals surface area contributed by atoms with E-state index >= 15 is 0 Å². The number of hydrogen-bond donors (Lipinski definition) is 0. The Kier molecular flexibility index (Phi) is 16.3. The van der Waals surface area contributed by atoms with E-state index in [2.05, 4.69) is 4.74 Å². The fourth-order valence-corrected chi connectivity index (χ4v) is 7.68. The predicted molar refractivity (Wildman–Crippen MR) is 202 cm³/mol. The van der Waals surface area contributed by atoms with Gasteiger partial charge in [-0.15, -0.1) is 0 Å². The molecule has 0 bridgehead atoms. The van der Waals surface area contributed by atoms with Crippen molar-refractivity contribution in [1.29, 1.82) is 0 Å². The van der Waals surface area contributed by atoms with Crippen LogP contribution in [0.3, 0.4) is 0 Å². The van der Waals surface area contributed by atoms with Gasteiger partial charge in [0.05, 0.1) is 19.3 Å². The highest BCUT2D eigenvalue weighted by Crippen LogP contribution is 2.42. The van der Waals surface area contributed by atoms with Crippen LogP contribution in [-0.2, 0) is 30.0 Å². The van der Waals surface area contributed by atoms with Crippen LogP contribution in [0, 0.1) is 58.7 Å². The van der Waals surface area contributed by atoms with Crippen molar-refractivity contribution in [3.8, 4) is 16.9 Å². The third-order valence-electron chi connectivity index (χ3n) is 11.9. The first-order chi connectivity index (χ1) is 27.8. The van der Waals surface area contributed by atoms with Gasteiger partial charge in [0, 0.05) is 30.9 Å². The molecule has 1 aliphatic heterocycles. The molecule has 1 heterocycles. The SMILES string of the molecule is CCOC(=O)CCC(C=O)C1CCC1.Fc1cc(OC(F)(F)c2c(F)cc(-c3ccc(C4CCC(C5CCC5)CO4)cc3)cc2F)cc(F)c1F.O=CCC1CCC1. The van der Waals surface area contributed by atoms with Crippen molar-refractivity contribution < 1.29 is 59.3 Å². The van der Waals surface area contributed by atoms with E-state index in [0.717, 1.165) is 74.2 Å². The van der Waals surface area contributed by atoms with Crippen molar-refractivity contribution in [3.05, 3.63) is 88.7 Å². The molecule has 0 spiro atoms. The second-order valence-corrected chi connectivity index (χ2v) is 15.6. The van der Waals surface area contributed by atoms with Gasteiger partial charge in [0.1, 0.15) is 35.5 Å². The van der Waals surface area contributed by atoms with Crippen LogP contribution in [0.25, 0.3) is 11.1 Å². The Balaban J connectivity index is 0.000000249. The summed E-state index contributed by atoms with van der Waals surface area (Å²) in [5.74, 6) is -7.31. The maximum Gasteiger partial charge on any atom is 0.432 e. The van der Waals surface area contributed by atoms with Gasteiger partial charge >= 0.3 is 12.1 Å². The molecule has 1 saturated heterocycles. The van der Waals surface area contributed by atoms with Gasteiger partial charge in [0.15, 0.2) is 17.5 Å². The van der Waals surface area contributed by atoms with Crippen LogP contribution in [0.2, 0.25) is 0 Å². The van der Waals surface area contributed by atoms with Gasteiger partial charge in [0.2, 0.25) is 0 Å². The maximum atomic E-state index is 14.7. The molecule has 3 aromatic rings. The lowest BCUT2D eigenvalue weighted by atomic mass is 9.73. The predicted octanol–water partition coefficient (Wildman–Crippen LogP) is 11.8. The first-order valence-electron chi connectivity index (χ1n) is 20.3. The fraction of sp³-hybridized carbons (Fsp3) is 0.533. The molecule has 7 rings (SSSR count). The average Bonchev–Trinajstić information content (AvgIpc) is 3.13. The fourth-order valence-electron chi connectivity index (χ4n) is 7.68. The van der Waals surface area contributed by atoms with E-state index in [1.165, 1.54) is 44.9 Å². The molecule has 3 atom stereocenters. The summed E-state index contributed by atoms with van der Waals surface area (Å²) in [5.41, 5.74) is -0.417. The van der Waals surface area contributed by atoms with E-state index in [-0.39, 0.29) is 35.7 Å². The zero-order valence-electron chi connectivity index (χ0n) is 32.6. The number of benzene rings is 3. The topological polar surface area (TPSA) is 78.9 Å². The Morgan fingerprint density at radius 2 is 1.41 bits per heavy atom. The minimum atomic E-state index is -4.64. The molecule has 6 nitrogen and oxygen atoms in total. The van der Waals surface area contributed by atoms with Crippen molar-refractivity contribution in [2.24, 2.45) is 29.6 Å². The van der Waals surface area contributed by atoms with Crippen LogP contribution >= 0.6 is 0 Å². The first-order valence-corrected chi connectivity index (χ1v) is 20.3. The number of aldehydes is 2. The zero-order valence-corrected chi connectivity index (χ0v) is 32.6. The number of halogens is 7. The number of alkyl halides is 2. The van der Waals surface area contributed by atoms with E-state index in [9.17, 15) is 45.1 Å². The zero-order chi connectivity index (χ0) is 41.8. The second-order valence-electron chi connectivity index (χ2n) is 15.6. The Labute approximate surface area is 334 Å². The summed E-state index contributed by atoms with van der Waals surface area (Å²) in [6.07, 6.45) is 12.4. The standard InChI is InChI=1S/C28H23F7O2.C11H18O3.C6H10O/c29-21-10-19(11-22(30)26(21)28(34,35)37-20-12-23(31)27(33)24(32)13-20)16-4-6-17(7-5-16)25-9-8-18(14-36-25)15-2-1-3-15;1-2-14-11(13)7-6-10(8-12)9-4-3-5-9;7-5-4-6-2-1-3-6/h4-7,10-13,15,18,25H,1-3,8-9,14H2;8-10H,2-7H2,1H3;5-6H,1-4H2. The van der Waals surface area contributed by atoms with E-state index in [1.807, 2.05) is 0 Å². The van der Waals surface area contributed by atoms with Gasteiger partial charge in [-0.1, -0.05) is 69.2 Å². The largest absolute Gasteiger partial charge is 0.466 e. The lowest BCUT2D eigenvalue weighted by molar-refractivity contribution is -0.189. The Hall–Kier alpha value is -4.26. The van der Waals surface area contributed by atoms with Crippen LogP contribution in [0.5, 0.6) is 5.75 Å². The molecule has 58 heavy (non-hydrogen) atoms. The molecular formula is C45H51F7O6. The minimum absolute atomic E-state index is 0.00887. The Morgan fingerprint density at radius 3 is 1.86 bits per heavy atom. The van der Waals surface area contributed by atoms with Crippen molar-refractivity contribution in [2.75, 3.05) is 13.2 Å². The maximum absolute atomic E-state index is 14.7. The van der Waals surface area contributed by atoms with Gasteiger partial charge in [-0.25, -0.2) is 22.0 Å². The molecule has 0 aromatic heterocycles. The van der Waals surface area contributed by atoms with Crippen molar-refractivity contribution in [2.45, 2.75) is 109 Å². The molecule has 4 fully saturated rings. The molecule has 3 aliphatic carbocycles. The number of carbonyl (C=O) groups is 3. The lowest BCUT2D eigenvalue weighted by Gasteiger charge is -2.38. The third-order valence-corrected chi connectivity index (χ3v) is 11.9. The van der Waals surface area contributed by atoms with E-state index in [1.54, 1.807) is 31.2 Å². The van der Waals surface area contributed by atoms with Crippen molar-refractivity contribution in [3.63, 3.8) is 0 Å². The lowest BCUT2D eigenvalue weighted by Crippen LogP contribution is -2.30. The molecule has 3 unspecified atom stereocenters. The molecule has 3 aromatic carbocycles. The number of rotatable bonds is 14. The van der Waals surface area contributed by atoms with Crippen molar-refractivity contribution >= 4 is 18.5 Å². The van der Waals surface area contributed by atoms with Crippen LogP contribution in [0.1, 0.15) is 114 Å². The Morgan fingerprint density at radius 1 is 0.793 bits per heavy atom. The molecule has 0 radical (unpaired) electrons. The molecule has 0 amide bonds. The summed E-state index contributed by atoms with van der Waals surface area (Å²) >= 11 is 0. The van der Waals surface area contributed by atoms with E-state index in [4.69, 9.17) is 9.47 Å². The second kappa shape index (κ2) is 21.1. The molecule has 0 N–H and O–H groups in total. The van der Waals surface area contributed by atoms with Gasteiger partial charge in [0.25, 0.3) is 0 Å². The molecule has 13 heteroatoms. The van der Waals surface area contributed by atoms with E-state index in [0.29, 0.717) is 43.5 Å². The van der Waals surface area contributed by atoms with Gasteiger partial charge in [-0.3, -0.25) is 4.79 Å². The summed E-state index contributed by atoms with van der Waals surface area (Å²) in [7, 11) is 0. The third kappa shape index (κ3) is 11.9. The first kappa shape index (κ1) is 44.8. The van der Waals surface area contributed by atoms with Gasteiger partial charge in [-0.2, -0.15) is 8.78 Å². The van der Waals surface area contributed by atoms with Crippen LogP contribution in [0.4, 0.5) is 30.7 Å². The van der Waals surface area contributed by atoms with Crippen molar-refractivity contribution in [1.82, 2.24) is 0 Å². The van der Waals surface area contributed by atoms with Crippen LogP contribution < -0.4 is 4.74 Å². The smallest absolute Gasteiger partial charge is 0.432 e. The number of ether oxygens (including phenoxy) is 3. The van der Waals surface area contributed by atoms with Crippen LogP contribution in [0.15, 0.2) is 48.5 Å². The highest BCUT2D eigenvalue weighted by Gasteiger charge is 2.42. The number of carbonyl (C=O) groups excluding carboxylic acids is 3. The number of esters is 1.